The number of benzene rings is 1. The lowest BCUT2D eigenvalue weighted by molar-refractivity contribution is 0.0526. The minimum atomic E-state index is -0.225. The first-order chi connectivity index (χ1) is 8.81. The summed E-state index contributed by atoms with van der Waals surface area (Å²) in [6.45, 7) is 2.25. The molecule has 2 rings (SSSR count). The van der Waals surface area contributed by atoms with Crippen LogP contribution in [-0.4, -0.2) is 12.6 Å². The van der Waals surface area contributed by atoms with Crippen molar-refractivity contribution in [3.8, 4) is 0 Å². The second-order valence-electron chi connectivity index (χ2n) is 4.67. The van der Waals surface area contributed by atoms with Crippen LogP contribution < -0.4 is 0 Å². The van der Waals surface area contributed by atoms with Gasteiger partial charge in [0.05, 0.1) is 12.2 Å². The van der Waals surface area contributed by atoms with Crippen LogP contribution in [0.2, 0.25) is 0 Å². The van der Waals surface area contributed by atoms with Gasteiger partial charge in [0.15, 0.2) is 0 Å². The average molecular weight is 244 g/mol. The minimum Gasteiger partial charge on any atom is -0.462 e. The molecule has 0 bridgehead atoms. The van der Waals surface area contributed by atoms with Gasteiger partial charge in [-0.05, 0) is 43.9 Å². The molecule has 1 aromatic carbocycles. The van der Waals surface area contributed by atoms with Crippen molar-refractivity contribution in [1.82, 2.24) is 0 Å². The number of hydrogen-bond acceptors (Lipinski definition) is 2. The molecule has 0 amide bonds. The lowest BCUT2D eigenvalue weighted by Crippen LogP contribution is -2.05. The Morgan fingerprint density at radius 2 is 2.28 bits per heavy atom. The maximum atomic E-state index is 11.7. The van der Waals surface area contributed by atoms with E-state index in [9.17, 15) is 4.79 Å². The zero-order valence-corrected chi connectivity index (χ0v) is 10.9. The van der Waals surface area contributed by atoms with Crippen LogP contribution in [0.1, 0.15) is 54.4 Å². The topological polar surface area (TPSA) is 26.3 Å². The largest absolute Gasteiger partial charge is 0.462 e. The fourth-order valence-corrected chi connectivity index (χ4v) is 2.37. The van der Waals surface area contributed by atoms with E-state index >= 15 is 0 Å². The molecular weight excluding hydrogens is 224 g/mol. The van der Waals surface area contributed by atoms with Crippen LogP contribution in [0.5, 0.6) is 0 Å². The summed E-state index contributed by atoms with van der Waals surface area (Å²) in [5.41, 5.74) is 1.88. The first-order valence-electron chi connectivity index (χ1n) is 6.75. The van der Waals surface area contributed by atoms with Gasteiger partial charge >= 0.3 is 5.97 Å². The van der Waals surface area contributed by atoms with Gasteiger partial charge in [-0.2, -0.15) is 0 Å². The highest BCUT2D eigenvalue weighted by Crippen LogP contribution is 2.27. The Morgan fingerprint density at radius 3 is 3.11 bits per heavy atom. The molecule has 0 N–H and O–H groups in total. The number of carbonyl (C=O) groups is 1. The maximum absolute atomic E-state index is 11.7. The Labute approximate surface area is 109 Å². The smallest absolute Gasteiger partial charge is 0.338 e. The molecule has 0 saturated carbocycles. The molecule has 0 saturated heterocycles. The number of carbonyl (C=O) groups excluding carboxylic acids is 1. The third-order valence-electron chi connectivity index (χ3n) is 3.33. The molecule has 1 aliphatic carbocycles. The molecule has 18 heavy (non-hydrogen) atoms. The van der Waals surface area contributed by atoms with Crippen molar-refractivity contribution < 1.29 is 9.53 Å². The number of rotatable bonds is 3. The summed E-state index contributed by atoms with van der Waals surface area (Å²) in [5.74, 6) is 0.221. The molecule has 1 atom stereocenters. The summed E-state index contributed by atoms with van der Waals surface area (Å²) >= 11 is 0. The Bertz CT molecular complexity index is 434. The fraction of sp³-hybridized carbons (Fsp3) is 0.438. The molecule has 96 valence electrons. The molecule has 1 aliphatic rings. The van der Waals surface area contributed by atoms with E-state index < -0.39 is 0 Å². The Kier molecular flexibility index (Phi) is 4.57. The van der Waals surface area contributed by atoms with Gasteiger partial charge in [0.2, 0.25) is 0 Å². The molecule has 0 aliphatic heterocycles. The van der Waals surface area contributed by atoms with Crippen LogP contribution in [0.3, 0.4) is 0 Å². The van der Waals surface area contributed by atoms with Gasteiger partial charge in [-0.1, -0.05) is 30.7 Å². The normalized spacial score (nSPS) is 19.3. The first kappa shape index (κ1) is 12.9. The van der Waals surface area contributed by atoms with E-state index in [1.165, 1.54) is 31.2 Å². The van der Waals surface area contributed by atoms with Gasteiger partial charge in [0.1, 0.15) is 0 Å². The molecule has 1 aromatic rings. The van der Waals surface area contributed by atoms with Crippen molar-refractivity contribution in [2.24, 2.45) is 0 Å². The molecule has 0 heterocycles. The van der Waals surface area contributed by atoms with Crippen LogP contribution in [0.15, 0.2) is 36.4 Å². The van der Waals surface area contributed by atoms with Crippen molar-refractivity contribution >= 4 is 5.97 Å². The van der Waals surface area contributed by atoms with Crippen molar-refractivity contribution in [2.45, 2.75) is 38.5 Å². The van der Waals surface area contributed by atoms with Gasteiger partial charge in [0.25, 0.3) is 0 Å². The molecule has 0 spiro atoms. The van der Waals surface area contributed by atoms with Crippen molar-refractivity contribution in [1.29, 1.82) is 0 Å². The zero-order valence-electron chi connectivity index (χ0n) is 10.9. The third kappa shape index (κ3) is 3.22. The summed E-state index contributed by atoms with van der Waals surface area (Å²) in [5, 5.41) is 0. The van der Waals surface area contributed by atoms with Gasteiger partial charge in [0, 0.05) is 5.92 Å². The van der Waals surface area contributed by atoms with Crippen LogP contribution >= 0.6 is 0 Å². The van der Waals surface area contributed by atoms with Gasteiger partial charge in [-0.3, -0.25) is 0 Å². The predicted octanol–water partition coefficient (Wildman–Crippen LogP) is 4.08. The second-order valence-corrected chi connectivity index (χ2v) is 4.67. The van der Waals surface area contributed by atoms with E-state index in [1.54, 1.807) is 0 Å². The molecule has 0 unspecified atom stereocenters. The summed E-state index contributed by atoms with van der Waals surface area (Å²) in [7, 11) is 0. The van der Waals surface area contributed by atoms with Crippen LogP contribution in [0, 0.1) is 0 Å². The third-order valence-corrected chi connectivity index (χ3v) is 3.33. The Morgan fingerprint density at radius 1 is 1.39 bits per heavy atom. The lowest BCUT2D eigenvalue weighted by atomic mass is 9.93. The van der Waals surface area contributed by atoms with Crippen LogP contribution in [-0.2, 0) is 4.74 Å². The number of ether oxygens (including phenoxy) is 1. The average Bonchev–Trinajstić information content (AvgIpc) is 2.68. The van der Waals surface area contributed by atoms with Crippen molar-refractivity contribution in [3.63, 3.8) is 0 Å². The van der Waals surface area contributed by atoms with E-state index in [1.807, 2.05) is 25.1 Å². The predicted molar refractivity (Wildman–Crippen MR) is 72.7 cm³/mol. The quantitative estimate of drug-likeness (QED) is 0.591. The molecule has 0 fully saturated rings. The lowest BCUT2D eigenvalue weighted by Gasteiger charge is -2.12. The standard InChI is InChI=1S/C16H20O2/c1-2-18-16(17)15-11-7-10-14(12-15)13-8-5-3-4-6-9-13/h5,7-8,10-13H,2-4,6,9H2,1H3/t13-/m0/s1. The van der Waals surface area contributed by atoms with E-state index in [2.05, 4.69) is 18.2 Å². The summed E-state index contributed by atoms with van der Waals surface area (Å²) in [6.07, 6.45) is 9.40. The van der Waals surface area contributed by atoms with Crippen LogP contribution in [0.4, 0.5) is 0 Å². The zero-order chi connectivity index (χ0) is 12.8. The van der Waals surface area contributed by atoms with Crippen LogP contribution in [0.25, 0.3) is 0 Å². The molecule has 0 radical (unpaired) electrons. The van der Waals surface area contributed by atoms with E-state index in [0.29, 0.717) is 18.1 Å². The monoisotopic (exact) mass is 244 g/mol. The highest BCUT2D eigenvalue weighted by atomic mass is 16.5. The summed E-state index contributed by atoms with van der Waals surface area (Å²) < 4.78 is 5.04. The van der Waals surface area contributed by atoms with Gasteiger partial charge in [-0.25, -0.2) is 4.79 Å². The van der Waals surface area contributed by atoms with Crippen molar-refractivity contribution in [3.05, 3.63) is 47.5 Å². The number of hydrogen-bond donors (Lipinski definition) is 0. The van der Waals surface area contributed by atoms with E-state index in [0.717, 1.165) is 0 Å². The molecule has 0 aromatic heterocycles. The highest BCUT2D eigenvalue weighted by Gasteiger charge is 2.13. The fourth-order valence-electron chi connectivity index (χ4n) is 2.37. The molecule has 2 heteroatoms. The molecule has 2 nitrogen and oxygen atoms in total. The van der Waals surface area contributed by atoms with Gasteiger partial charge < -0.3 is 4.74 Å². The Balaban J connectivity index is 2.18. The summed E-state index contributed by atoms with van der Waals surface area (Å²) in [6, 6.07) is 7.84. The molecular formula is C16H20O2. The first-order valence-corrected chi connectivity index (χ1v) is 6.75. The van der Waals surface area contributed by atoms with Crippen molar-refractivity contribution in [2.75, 3.05) is 6.61 Å². The van der Waals surface area contributed by atoms with E-state index in [4.69, 9.17) is 4.74 Å². The van der Waals surface area contributed by atoms with E-state index in [-0.39, 0.29) is 5.97 Å². The SMILES string of the molecule is CCOC(=O)c1cccc([C@H]2C=CCCCC2)c1. The van der Waals surface area contributed by atoms with Gasteiger partial charge in [-0.15, -0.1) is 0 Å². The maximum Gasteiger partial charge on any atom is 0.338 e. The highest BCUT2D eigenvalue weighted by molar-refractivity contribution is 5.89. The second kappa shape index (κ2) is 6.39. The number of esters is 1. The summed E-state index contributed by atoms with van der Waals surface area (Å²) in [4.78, 5) is 11.7. The Hall–Kier alpha value is -1.57. The minimum absolute atomic E-state index is 0.225. The number of allylic oxidation sites excluding steroid dienone is 2.